The van der Waals surface area contributed by atoms with Gasteiger partial charge in [-0.05, 0) is 29.7 Å². The molecular formula is C29H35N3O11. The van der Waals surface area contributed by atoms with E-state index in [1.807, 2.05) is 6.92 Å². The number of carbonyl (C=O) groups excluding carboxylic acids is 3. The van der Waals surface area contributed by atoms with Gasteiger partial charge in [-0.15, -0.1) is 0 Å². The molecule has 0 aliphatic heterocycles. The van der Waals surface area contributed by atoms with Crippen molar-refractivity contribution < 1.29 is 53.6 Å². The number of carboxylic acid groups (broad SMARTS) is 3. The molecule has 0 radical (unpaired) electrons. The van der Waals surface area contributed by atoms with Crippen LogP contribution in [0.15, 0.2) is 54.6 Å². The third-order valence-electron chi connectivity index (χ3n) is 6.15. The highest BCUT2D eigenvalue weighted by Crippen LogP contribution is 2.19. The summed E-state index contributed by atoms with van der Waals surface area (Å²) >= 11 is 0. The Bertz CT molecular complexity index is 1250. The fraction of sp³-hybridized carbons (Fsp3) is 0.379. The van der Waals surface area contributed by atoms with E-state index < -0.39 is 60.4 Å². The maximum absolute atomic E-state index is 13.4. The average Bonchev–Trinajstić information content (AvgIpc) is 2.96. The van der Waals surface area contributed by atoms with E-state index in [0.29, 0.717) is 17.5 Å². The van der Waals surface area contributed by atoms with Crippen LogP contribution < -0.4 is 15.8 Å². The highest BCUT2D eigenvalue weighted by Gasteiger charge is 2.33. The lowest BCUT2D eigenvalue weighted by Crippen LogP contribution is -2.55. The summed E-state index contributed by atoms with van der Waals surface area (Å²) in [6.07, 6.45) is -1.81. The van der Waals surface area contributed by atoms with Gasteiger partial charge in [-0.3, -0.25) is 24.6 Å². The van der Waals surface area contributed by atoms with Gasteiger partial charge in [-0.1, -0.05) is 62.2 Å². The first-order valence-electron chi connectivity index (χ1n) is 13.4. The Labute approximate surface area is 247 Å². The van der Waals surface area contributed by atoms with E-state index >= 15 is 0 Å². The van der Waals surface area contributed by atoms with Gasteiger partial charge in [0.25, 0.3) is 6.10 Å². The largest absolute Gasteiger partial charge is 0.481 e. The predicted octanol–water partition coefficient (Wildman–Crippen LogP) is 1.79. The van der Waals surface area contributed by atoms with E-state index in [9.17, 15) is 28.8 Å². The standard InChI is InChI=1S/C29H35N3O11/c1-2-3-7-14-32(29(41)42-17-19-8-5-4-6-9-19)22(26(36)31-25(35)21(30)16-23(33)34)15-18-10-12-20(13-11-18)43-24(27(37)38)28(39)40/h4-6,8-13,21-22,24H,2-3,7,14-17,30H2,1H3,(H,33,34)(H,37,38)(H,39,40)(H,31,35,36)/t21-,22-/m0/s1. The van der Waals surface area contributed by atoms with Gasteiger partial charge in [0.15, 0.2) is 0 Å². The maximum atomic E-state index is 13.4. The van der Waals surface area contributed by atoms with Gasteiger partial charge in [0, 0.05) is 13.0 Å². The summed E-state index contributed by atoms with van der Waals surface area (Å²) in [4.78, 5) is 73.7. The Morgan fingerprint density at radius 1 is 0.860 bits per heavy atom. The third-order valence-corrected chi connectivity index (χ3v) is 6.15. The molecule has 0 unspecified atom stereocenters. The number of hydrogen-bond donors (Lipinski definition) is 5. The number of nitrogens with two attached hydrogens (primary N) is 1. The van der Waals surface area contributed by atoms with Crippen molar-refractivity contribution in [3.05, 3.63) is 65.7 Å². The molecule has 14 heteroatoms. The van der Waals surface area contributed by atoms with Crippen LogP contribution in [0.1, 0.15) is 43.7 Å². The van der Waals surface area contributed by atoms with Crippen molar-refractivity contribution in [2.24, 2.45) is 5.73 Å². The molecule has 0 bridgehead atoms. The highest BCUT2D eigenvalue weighted by molar-refractivity contribution is 6.01. The SMILES string of the molecule is CCCCCN(C(=O)OCc1ccccc1)[C@@H](Cc1ccc(OC(C(=O)O)C(=O)O)cc1)C(=O)NC(=O)[C@@H](N)CC(=O)O. The Hall–Kier alpha value is -4.98. The first-order valence-corrected chi connectivity index (χ1v) is 13.4. The fourth-order valence-electron chi connectivity index (χ4n) is 3.90. The summed E-state index contributed by atoms with van der Waals surface area (Å²) in [7, 11) is 0. The minimum atomic E-state index is -2.14. The van der Waals surface area contributed by atoms with Crippen LogP contribution in [0.2, 0.25) is 0 Å². The molecule has 0 saturated heterocycles. The third kappa shape index (κ3) is 11.4. The minimum Gasteiger partial charge on any atom is -0.481 e. The number of rotatable bonds is 17. The summed E-state index contributed by atoms with van der Waals surface area (Å²) in [6.45, 7) is 1.96. The van der Waals surface area contributed by atoms with Crippen molar-refractivity contribution in [2.75, 3.05) is 6.54 Å². The topological polar surface area (TPSA) is 223 Å². The second-order valence-electron chi connectivity index (χ2n) is 9.54. The van der Waals surface area contributed by atoms with Crippen molar-refractivity contribution in [3.8, 4) is 5.75 Å². The number of hydrogen-bond acceptors (Lipinski definition) is 9. The Morgan fingerprint density at radius 3 is 2.05 bits per heavy atom. The molecule has 0 aromatic heterocycles. The Kier molecular flexibility index (Phi) is 13.6. The monoisotopic (exact) mass is 601 g/mol. The highest BCUT2D eigenvalue weighted by atomic mass is 16.6. The molecular weight excluding hydrogens is 566 g/mol. The molecule has 6 N–H and O–H groups in total. The maximum Gasteiger partial charge on any atom is 0.410 e. The van der Waals surface area contributed by atoms with E-state index in [1.165, 1.54) is 29.2 Å². The molecule has 0 heterocycles. The Balaban J connectivity index is 2.36. The molecule has 2 atom stereocenters. The van der Waals surface area contributed by atoms with E-state index in [4.69, 9.17) is 30.5 Å². The number of ether oxygens (including phenoxy) is 2. The molecule has 2 aromatic carbocycles. The molecule has 0 saturated carbocycles. The summed E-state index contributed by atoms with van der Waals surface area (Å²) in [6, 6.07) is 11.5. The van der Waals surface area contributed by atoms with Gasteiger partial charge in [0.05, 0.1) is 12.5 Å². The Morgan fingerprint density at radius 2 is 1.49 bits per heavy atom. The van der Waals surface area contributed by atoms with Crippen LogP contribution in [-0.2, 0) is 41.7 Å². The number of carbonyl (C=O) groups is 6. The minimum absolute atomic E-state index is 0.0727. The average molecular weight is 602 g/mol. The zero-order chi connectivity index (χ0) is 31.9. The normalized spacial score (nSPS) is 12.1. The number of benzene rings is 2. The smallest absolute Gasteiger partial charge is 0.410 e. The molecule has 232 valence electrons. The first kappa shape index (κ1) is 34.2. The van der Waals surface area contributed by atoms with E-state index in [2.05, 4.69) is 5.32 Å². The number of unbranched alkanes of at least 4 members (excludes halogenated alkanes) is 2. The molecule has 3 amide bonds. The van der Waals surface area contributed by atoms with E-state index in [1.54, 1.807) is 30.3 Å². The molecule has 2 aromatic rings. The van der Waals surface area contributed by atoms with Crippen LogP contribution in [0.3, 0.4) is 0 Å². The molecule has 0 fully saturated rings. The van der Waals surface area contributed by atoms with Crippen LogP contribution in [0, 0.1) is 0 Å². The summed E-state index contributed by atoms with van der Waals surface area (Å²) in [5.74, 6) is -6.77. The van der Waals surface area contributed by atoms with Crippen molar-refractivity contribution in [1.82, 2.24) is 10.2 Å². The van der Waals surface area contributed by atoms with E-state index in [0.717, 1.165) is 12.8 Å². The molecule has 14 nitrogen and oxygen atoms in total. The number of nitrogens with zero attached hydrogens (tertiary/aromatic N) is 1. The summed E-state index contributed by atoms with van der Waals surface area (Å²) < 4.78 is 10.5. The first-order chi connectivity index (χ1) is 20.4. The van der Waals surface area contributed by atoms with Gasteiger partial charge >= 0.3 is 24.0 Å². The lowest BCUT2D eigenvalue weighted by molar-refractivity contribution is -0.159. The number of amides is 3. The van der Waals surface area contributed by atoms with Crippen LogP contribution in [-0.4, -0.2) is 80.8 Å². The van der Waals surface area contributed by atoms with Gasteiger partial charge < -0.3 is 30.5 Å². The van der Waals surface area contributed by atoms with Crippen molar-refractivity contribution >= 4 is 35.8 Å². The molecule has 0 aliphatic carbocycles. The number of aliphatic carboxylic acids is 3. The molecule has 2 rings (SSSR count). The number of nitrogens with one attached hydrogen (secondary N) is 1. The van der Waals surface area contributed by atoms with Crippen LogP contribution in [0.5, 0.6) is 5.75 Å². The summed E-state index contributed by atoms with van der Waals surface area (Å²) in [5, 5.41) is 29.1. The summed E-state index contributed by atoms with van der Waals surface area (Å²) in [5.41, 5.74) is 6.76. The molecule has 43 heavy (non-hydrogen) atoms. The number of imide groups is 1. The van der Waals surface area contributed by atoms with Crippen molar-refractivity contribution in [3.63, 3.8) is 0 Å². The predicted molar refractivity (Wildman–Crippen MR) is 150 cm³/mol. The van der Waals surface area contributed by atoms with E-state index in [-0.39, 0.29) is 25.3 Å². The van der Waals surface area contributed by atoms with Crippen molar-refractivity contribution in [2.45, 2.75) is 63.8 Å². The van der Waals surface area contributed by atoms with Crippen LogP contribution >= 0.6 is 0 Å². The fourth-order valence-corrected chi connectivity index (χ4v) is 3.90. The number of carboxylic acids is 3. The second-order valence-corrected chi connectivity index (χ2v) is 9.54. The van der Waals surface area contributed by atoms with Gasteiger partial charge in [0.1, 0.15) is 18.4 Å². The lowest BCUT2D eigenvalue weighted by Gasteiger charge is -2.30. The van der Waals surface area contributed by atoms with Gasteiger partial charge in [-0.25, -0.2) is 14.4 Å². The van der Waals surface area contributed by atoms with Crippen LogP contribution in [0.25, 0.3) is 0 Å². The van der Waals surface area contributed by atoms with Crippen LogP contribution in [0.4, 0.5) is 4.79 Å². The zero-order valence-corrected chi connectivity index (χ0v) is 23.5. The second kappa shape index (κ2) is 17.1. The van der Waals surface area contributed by atoms with Crippen molar-refractivity contribution in [1.29, 1.82) is 0 Å². The van der Waals surface area contributed by atoms with Gasteiger partial charge in [0.2, 0.25) is 11.8 Å². The lowest BCUT2D eigenvalue weighted by atomic mass is 10.0. The zero-order valence-electron chi connectivity index (χ0n) is 23.5. The molecule has 0 aliphatic rings. The molecule has 0 spiro atoms. The van der Waals surface area contributed by atoms with Gasteiger partial charge in [-0.2, -0.15) is 0 Å². The quantitative estimate of drug-likeness (QED) is 0.129.